The summed E-state index contributed by atoms with van der Waals surface area (Å²) in [4.78, 5) is 11.4. The maximum atomic E-state index is 11.4. The van der Waals surface area contributed by atoms with E-state index in [0.29, 0.717) is 5.92 Å². The van der Waals surface area contributed by atoms with Crippen molar-refractivity contribution in [3.05, 3.63) is 0 Å². The van der Waals surface area contributed by atoms with Crippen LogP contribution in [0.15, 0.2) is 0 Å². The van der Waals surface area contributed by atoms with Gasteiger partial charge in [-0.25, -0.2) is 0 Å². The molecule has 0 aliphatic carbocycles. The Kier molecular flexibility index (Phi) is 28.4. The molecule has 0 aliphatic rings. The van der Waals surface area contributed by atoms with Gasteiger partial charge in [0.05, 0.1) is 0 Å². The van der Waals surface area contributed by atoms with Crippen molar-refractivity contribution in [2.75, 3.05) is 0 Å². The van der Waals surface area contributed by atoms with Gasteiger partial charge in [-0.1, -0.05) is 174 Å². The monoisotopic (exact) mass is 450 g/mol. The number of rotatable bonds is 28. The van der Waals surface area contributed by atoms with Gasteiger partial charge in [0, 0.05) is 5.92 Å². The maximum Gasteiger partial charge on any atom is 0.123 e. The molecule has 0 aliphatic heterocycles. The second-order valence-electron chi connectivity index (χ2n) is 10.6. The highest BCUT2D eigenvalue weighted by molar-refractivity contribution is 5.53. The van der Waals surface area contributed by atoms with Crippen LogP contribution in [-0.4, -0.2) is 6.29 Å². The average Bonchev–Trinajstić information content (AvgIpc) is 2.81. The standard InChI is InChI=1S/C31H62O/c1-3-5-7-9-11-13-15-16-17-18-19-21-23-25-27-29-31(30-32)28-26-24-22-20-14-12-10-8-6-4-2/h30-31H,3-29H2,1-2H3. The van der Waals surface area contributed by atoms with Gasteiger partial charge in [-0.3, -0.25) is 0 Å². The van der Waals surface area contributed by atoms with E-state index in [4.69, 9.17) is 0 Å². The summed E-state index contributed by atoms with van der Waals surface area (Å²) in [5.74, 6) is 0.339. The lowest BCUT2D eigenvalue weighted by Gasteiger charge is -2.10. The number of aldehydes is 1. The highest BCUT2D eigenvalue weighted by Gasteiger charge is 2.06. The van der Waals surface area contributed by atoms with Crippen LogP contribution in [0.1, 0.15) is 187 Å². The van der Waals surface area contributed by atoms with E-state index >= 15 is 0 Å². The molecular weight excluding hydrogens is 388 g/mol. The Hall–Kier alpha value is -0.330. The molecule has 0 aromatic heterocycles. The summed E-state index contributed by atoms with van der Waals surface area (Å²) in [6.45, 7) is 4.58. The van der Waals surface area contributed by atoms with E-state index in [-0.39, 0.29) is 0 Å². The molecule has 0 fully saturated rings. The highest BCUT2D eigenvalue weighted by atomic mass is 16.1. The first kappa shape index (κ1) is 31.7. The Morgan fingerprint density at radius 1 is 0.375 bits per heavy atom. The fourth-order valence-corrected chi connectivity index (χ4v) is 4.95. The van der Waals surface area contributed by atoms with Gasteiger partial charge in [0.15, 0.2) is 0 Å². The van der Waals surface area contributed by atoms with E-state index in [9.17, 15) is 4.79 Å². The van der Waals surface area contributed by atoms with Gasteiger partial charge in [0.1, 0.15) is 6.29 Å². The van der Waals surface area contributed by atoms with Crippen molar-refractivity contribution < 1.29 is 4.79 Å². The zero-order valence-corrected chi connectivity index (χ0v) is 22.7. The van der Waals surface area contributed by atoms with Crippen molar-refractivity contribution in [3.63, 3.8) is 0 Å². The predicted molar refractivity (Wildman–Crippen MR) is 146 cm³/mol. The van der Waals surface area contributed by atoms with Crippen LogP contribution >= 0.6 is 0 Å². The number of unbranched alkanes of at least 4 members (excludes halogenated alkanes) is 23. The zero-order chi connectivity index (χ0) is 23.4. The molecule has 32 heavy (non-hydrogen) atoms. The summed E-state index contributed by atoms with van der Waals surface area (Å²) >= 11 is 0. The molecule has 0 N–H and O–H groups in total. The van der Waals surface area contributed by atoms with Crippen molar-refractivity contribution in [3.8, 4) is 0 Å². The van der Waals surface area contributed by atoms with Crippen LogP contribution in [0, 0.1) is 5.92 Å². The van der Waals surface area contributed by atoms with Crippen LogP contribution in [0.2, 0.25) is 0 Å². The van der Waals surface area contributed by atoms with Gasteiger partial charge < -0.3 is 4.79 Å². The summed E-state index contributed by atoms with van der Waals surface area (Å²) in [6.07, 6.45) is 38.5. The summed E-state index contributed by atoms with van der Waals surface area (Å²) < 4.78 is 0. The van der Waals surface area contributed by atoms with E-state index < -0.39 is 0 Å². The third-order valence-corrected chi connectivity index (χ3v) is 7.30. The molecule has 192 valence electrons. The van der Waals surface area contributed by atoms with Crippen molar-refractivity contribution in [2.24, 2.45) is 5.92 Å². The molecular formula is C31H62O. The Morgan fingerprint density at radius 3 is 0.812 bits per heavy atom. The zero-order valence-electron chi connectivity index (χ0n) is 22.7. The molecule has 0 amide bonds. The smallest absolute Gasteiger partial charge is 0.123 e. The minimum absolute atomic E-state index is 0.339. The summed E-state index contributed by atoms with van der Waals surface area (Å²) in [6, 6.07) is 0. The molecule has 1 atom stereocenters. The number of hydrogen-bond donors (Lipinski definition) is 0. The van der Waals surface area contributed by atoms with Gasteiger partial charge in [0.25, 0.3) is 0 Å². The molecule has 0 aromatic carbocycles. The van der Waals surface area contributed by atoms with Crippen molar-refractivity contribution >= 4 is 6.29 Å². The molecule has 0 radical (unpaired) electrons. The maximum absolute atomic E-state index is 11.4. The van der Waals surface area contributed by atoms with E-state index in [0.717, 1.165) is 12.8 Å². The fraction of sp³-hybridized carbons (Fsp3) is 0.968. The van der Waals surface area contributed by atoms with Gasteiger partial charge >= 0.3 is 0 Å². The van der Waals surface area contributed by atoms with Crippen LogP contribution in [0.5, 0.6) is 0 Å². The van der Waals surface area contributed by atoms with Crippen molar-refractivity contribution in [2.45, 2.75) is 187 Å². The number of hydrogen-bond acceptors (Lipinski definition) is 1. The van der Waals surface area contributed by atoms with Crippen molar-refractivity contribution in [1.82, 2.24) is 0 Å². The predicted octanol–water partition coefficient (Wildman–Crippen LogP) is 11.4. The normalized spacial score (nSPS) is 12.3. The van der Waals surface area contributed by atoms with Crippen LogP contribution in [-0.2, 0) is 4.79 Å². The Labute approximate surface area is 204 Å². The Morgan fingerprint density at radius 2 is 0.594 bits per heavy atom. The summed E-state index contributed by atoms with van der Waals surface area (Å²) in [7, 11) is 0. The molecule has 1 heteroatoms. The third kappa shape index (κ3) is 25.9. The molecule has 0 rings (SSSR count). The molecule has 0 saturated carbocycles. The van der Waals surface area contributed by atoms with Gasteiger partial charge in [0.2, 0.25) is 0 Å². The first-order valence-electron chi connectivity index (χ1n) is 15.3. The largest absolute Gasteiger partial charge is 0.303 e. The summed E-state index contributed by atoms with van der Waals surface area (Å²) in [5, 5.41) is 0. The summed E-state index contributed by atoms with van der Waals surface area (Å²) in [5.41, 5.74) is 0. The second-order valence-corrected chi connectivity index (χ2v) is 10.6. The van der Waals surface area contributed by atoms with Gasteiger partial charge in [-0.2, -0.15) is 0 Å². The fourth-order valence-electron chi connectivity index (χ4n) is 4.95. The SMILES string of the molecule is CCCCCCCCCCCCCCCCCC(C=O)CCCCCCCCCCCC. The van der Waals surface area contributed by atoms with Crippen LogP contribution < -0.4 is 0 Å². The molecule has 0 heterocycles. The Bertz CT molecular complexity index is 337. The van der Waals surface area contributed by atoms with E-state index in [1.807, 2.05) is 0 Å². The highest BCUT2D eigenvalue weighted by Crippen LogP contribution is 2.19. The van der Waals surface area contributed by atoms with E-state index in [1.54, 1.807) is 0 Å². The Balaban J connectivity index is 3.26. The van der Waals surface area contributed by atoms with Crippen LogP contribution in [0.4, 0.5) is 0 Å². The topological polar surface area (TPSA) is 17.1 Å². The lowest BCUT2D eigenvalue weighted by Crippen LogP contribution is -2.02. The molecule has 1 unspecified atom stereocenters. The first-order valence-corrected chi connectivity index (χ1v) is 15.3. The van der Waals surface area contributed by atoms with Gasteiger partial charge in [-0.05, 0) is 12.8 Å². The lowest BCUT2D eigenvalue weighted by atomic mass is 9.95. The van der Waals surface area contributed by atoms with Crippen LogP contribution in [0.3, 0.4) is 0 Å². The molecule has 0 spiro atoms. The molecule has 0 bridgehead atoms. The first-order chi connectivity index (χ1) is 15.8. The molecule has 0 saturated heterocycles. The lowest BCUT2D eigenvalue weighted by molar-refractivity contribution is -0.111. The van der Waals surface area contributed by atoms with Crippen molar-refractivity contribution in [1.29, 1.82) is 0 Å². The minimum atomic E-state index is 0.339. The van der Waals surface area contributed by atoms with E-state index in [1.165, 1.54) is 167 Å². The van der Waals surface area contributed by atoms with Crippen LogP contribution in [0.25, 0.3) is 0 Å². The molecule has 0 aromatic rings. The third-order valence-electron chi connectivity index (χ3n) is 7.30. The number of carbonyl (C=O) groups excluding carboxylic acids is 1. The molecule has 1 nitrogen and oxygen atoms in total. The number of carbonyl (C=O) groups is 1. The average molecular weight is 451 g/mol. The van der Waals surface area contributed by atoms with Gasteiger partial charge in [-0.15, -0.1) is 0 Å². The quantitative estimate of drug-likeness (QED) is 0.0855. The second kappa shape index (κ2) is 28.7. The minimum Gasteiger partial charge on any atom is -0.303 e. The van der Waals surface area contributed by atoms with E-state index in [2.05, 4.69) is 13.8 Å².